The summed E-state index contributed by atoms with van der Waals surface area (Å²) >= 11 is 5.94. The zero-order chi connectivity index (χ0) is 14.3. The molecule has 106 valence electrons. The van der Waals surface area contributed by atoms with Gasteiger partial charge in [-0.25, -0.2) is 4.39 Å². The minimum absolute atomic E-state index is 0.0199. The van der Waals surface area contributed by atoms with Crippen molar-refractivity contribution in [1.82, 2.24) is 10.6 Å². The number of rotatable bonds is 7. The van der Waals surface area contributed by atoms with Gasteiger partial charge in [0.25, 0.3) is 0 Å². The third kappa shape index (κ3) is 6.55. The van der Waals surface area contributed by atoms with Crippen molar-refractivity contribution >= 4 is 17.5 Å². The van der Waals surface area contributed by atoms with Crippen LogP contribution in [0.2, 0.25) is 5.02 Å². The second-order valence-corrected chi connectivity index (χ2v) is 5.27. The first-order valence-electron chi connectivity index (χ1n) is 6.40. The van der Waals surface area contributed by atoms with E-state index in [4.69, 9.17) is 11.6 Å². The topological polar surface area (TPSA) is 41.1 Å². The van der Waals surface area contributed by atoms with Crippen molar-refractivity contribution in [3.05, 3.63) is 34.6 Å². The van der Waals surface area contributed by atoms with Crippen LogP contribution in [0.25, 0.3) is 0 Å². The number of nitrogens with one attached hydrogen (secondary N) is 2. The highest BCUT2D eigenvalue weighted by atomic mass is 35.5. The Kier molecular flexibility index (Phi) is 6.81. The van der Waals surface area contributed by atoms with Crippen LogP contribution in [0.1, 0.15) is 25.8 Å². The van der Waals surface area contributed by atoms with Crippen molar-refractivity contribution in [2.75, 3.05) is 13.1 Å². The number of hydrogen-bond donors (Lipinski definition) is 2. The predicted molar refractivity (Wildman–Crippen MR) is 75.6 cm³/mol. The maximum Gasteiger partial charge on any atom is 0.221 e. The lowest BCUT2D eigenvalue weighted by Crippen LogP contribution is -2.30. The minimum atomic E-state index is -0.309. The average Bonchev–Trinajstić information content (AvgIpc) is 2.36. The quantitative estimate of drug-likeness (QED) is 0.757. The number of halogens is 2. The number of hydrogen-bond acceptors (Lipinski definition) is 2. The molecule has 0 atom stereocenters. The summed E-state index contributed by atoms with van der Waals surface area (Å²) in [5.41, 5.74) is 0.698. The van der Waals surface area contributed by atoms with Crippen LogP contribution in [0.3, 0.4) is 0 Å². The van der Waals surface area contributed by atoms with Gasteiger partial charge in [-0.15, -0.1) is 0 Å². The normalized spacial score (nSPS) is 10.8. The highest BCUT2D eigenvalue weighted by Gasteiger charge is 2.04. The van der Waals surface area contributed by atoms with Gasteiger partial charge in [0, 0.05) is 31.1 Å². The van der Waals surface area contributed by atoms with E-state index in [0.29, 0.717) is 42.6 Å². The molecule has 0 fully saturated rings. The van der Waals surface area contributed by atoms with Crippen LogP contribution in [-0.4, -0.2) is 19.0 Å². The first kappa shape index (κ1) is 15.9. The molecular weight excluding hydrogens is 267 g/mol. The Bertz CT molecular complexity index is 424. The largest absolute Gasteiger partial charge is 0.356 e. The summed E-state index contributed by atoms with van der Waals surface area (Å²) < 4.78 is 13.0. The lowest BCUT2D eigenvalue weighted by Gasteiger charge is -2.09. The summed E-state index contributed by atoms with van der Waals surface area (Å²) in [6.45, 7) is 5.77. The summed E-state index contributed by atoms with van der Waals surface area (Å²) in [5.74, 6) is 0.158. The van der Waals surface area contributed by atoms with Crippen molar-refractivity contribution in [3.8, 4) is 0 Å². The molecule has 0 radical (unpaired) electrons. The fourth-order valence-electron chi connectivity index (χ4n) is 1.51. The lowest BCUT2D eigenvalue weighted by atomic mass is 10.2. The van der Waals surface area contributed by atoms with E-state index >= 15 is 0 Å². The molecule has 0 aromatic heterocycles. The van der Waals surface area contributed by atoms with Crippen LogP contribution >= 0.6 is 11.6 Å². The highest BCUT2D eigenvalue weighted by molar-refractivity contribution is 6.31. The van der Waals surface area contributed by atoms with E-state index in [2.05, 4.69) is 10.6 Å². The van der Waals surface area contributed by atoms with Gasteiger partial charge in [-0.3, -0.25) is 4.79 Å². The molecule has 19 heavy (non-hydrogen) atoms. The van der Waals surface area contributed by atoms with Crippen molar-refractivity contribution in [1.29, 1.82) is 0 Å². The van der Waals surface area contributed by atoms with Gasteiger partial charge in [0.15, 0.2) is 0 Å². The van der Waals surface area contributed by atoms with Crippen LogP contribution in [0.15, 0.2) is 18.2 Å². The van der Waals surface area contributed by atoms with Gasteiger partial charge >= 0.3 is 0 Å². The van der Waals surface area contributed by atoms with Crippen molar-refractivity contribution in [3.63, 3.8) is 0 Å². The minimum Gasteiger partial charge on any atom is -0.356 e. The van der Waals surface area contributed by atoms with Gasteiger partial charge in [0.05, 0.1) is 0 Å². The molecule has 1 aromatic carbocycles. The van der Waals surface area contributed by atoms with Crippen LogP contribution in [0.4, 0.5) is 4.39 Å². The number of amides is 1. The Morgan fingerprint density at radius 2 is 2.16 bits per heavy atom. The summed E-state index contributed by atoms with van der Waals surface area (Å²) in [7, 11) is 0. The molecule has 0 bridgehead atoms. The standard InChI is InChI=1S/C14H20ClFN2O/c1-10(2)8-18-14(19)5-6-17-9-11-7-12(16)3-4-13(11)15/h3-4,7,10,17H,5-6,8-9H2,1-2H3,(H,18,19). The maximum atomic E-state index is 13.0. The summed E-state index contributed by atoms with van der Waals surface area (Å²) in [6, 6.07) is 4.25. The zero-order valence-electron chi connectivity index (χ0n) is 11.3. The van der Waals surface area contributed by atoms with E-state index in [1.54, 1.807) is 0 Å². The smallest absolute Gasteiger partial charge is 0.221 e. The number of benzene rings is 1. The molecule has 0 aliphatic heterocycles. The van der Waals surface area contributed by atoms with Crippen LogP contribution in [0.5, 0.6) is 0 Å². The van der Waals surface area contributed by atoms with Gasteiger partial charge < -0.3 is 10.6 Å². The van der Waals surface area contributed by atoms with E-state index in [0.717, 1.165) is 0 Å². The second kappa shape index (κ2) is 8.12. The maximum absolute atomic E-state index is 13.0. The summed E-state index contributed by atoms with van der Waals surface area (Å²) in [5, 5.41) is 6.44. The van der Waals surface area contributed by atoms with Crippen molar-refractivity contribution in [2.45, 2.75) is 26.8 Å². The van der Waals surface area contributed by atoms with Gasteiger partial charge in [-0.2, -0.15) is 0 Å². The van der Waals surface area contributed by atoms with Gasteiger partial charge in [0.1, 0.15) is 5.82 Å². The van der Waals surface area contributed by atoms with Crippen LogP contribution in [0, 0.1) is 11.7 Å². The molecular formula is C14H20ClFN2O. The third-order valence-corrected chi connectivity index (χ3v) is 2.93. The lowest BCUT2D eigenvalue weighted by molar-refractivity contribution is -0.121. The molecule has 0 heterocycles. The fourth-order valence-corrected chi connectivity index (χ4v) is 1.69. The van der Waals surface area contributed by atoms with E-state index in [9.17, 15) is 9.18 Å². The Balaban J connectivity index is 2.23. The molecule has 0 spiro atoms. The van der Waals surface area contributed by atoms with Gasteiger partial charge in [-0.1, -0.05) is 25.4 Å². The third-order valence-electron chi connectivity index (χ3n) is 2.56. The Hall–Kier alpha value is -1.13. The molecule has 3 nitrogen and oxygen atoms in total. The Morgan fingerprint density at radius 3 is 2.84 bits per heavy atom. The monoisotopic (exact) mass is 286 g/mol. The molecule has 1 rings (SSSR count). The molecule has 0 aliphatic carbocycles. The van der Waals surface area contributed by atoms with Crippen molar-refractivity contribution in [2.24, 2.45) is 5.92 Å². The predicted octanol–water partition coefficient (Wildman–Crippen LogP) is 2.73. The van der Waals surface area contributed by atoms with E-state index < -0.39 is 0 Å². The van der Waals surface area contributed by atoms with E-state index in [1.807, 2.05) is 13.8 Å². The molecule has 2 N–H and O–H groups in total. The Morgan fingerprint density at radius 1 is 1.42 bits per heavy atom. The molecule has 1 amide bonds. The highest BCUT2D eigenvalue weighted by Crippen LogP contribution is 2.16. The number of carbonyl (C=O) groups is 1. The fraction of sp³-hybridized carbons (Fsp3) is 0.500. The molecule has 0 aliphatic rings. The Labute approximate surface area is 118 Å². The van der Waals surface area contributed by atoms with Crippen LogP contribution < -0.4 is 10.6 Å². The first-order valence-corrected chi connectivity index (χ1v) is 6.78. The molecule has 1 aromatic rings. The first-order chi connectivity index (χ1) is 8.99. The number of carbonyl (C=O) groups excluding carboxylic acids is 1. The van der Waals surface area contributed by atoms with Crippen molar-refractivity contribution < 1.29 is 9.18 Å². The molecule has 0 saturated heterocycles. The van der Waals surface area contributed by atoms with Gasteiger partial charge in [-0.05, 0) is 29.7 Å². The average molecular weight is 287 g/mol. The SMILES string of the molecule is CC(C)CNC(=O)CCNCc1cc(F)ccc1Cl. The van der Waals surface area contributed by atoms with Gasteiger partial charge in [0.2, 0.25) is 5.91 Å². The summed E-state index contributed by atoms with van der Waals surface area (Å²) in [4.78, 5) is 11.4. The van der Waals surface area contributed by atoms with Crippen LogP contribution in [-0.2, 0) is 11.3 Å². The second-order valence-electron chi connectivity index (χ2n) is 4.86. The molecule has 0 unspecified atom stereocenters. The summed E-state index contributed by atoms with van der Waals surface area (Å²) in [6.07, 6.45) is 0.402. The van der Waals surface area contributed by atoms with E-state index in [1.165, 1.54) is 18.2 Å². The molecule has 5 heteroatoms. The molecule has 0 saturated carbocycles. The van der Waals surface area contributed by atoms with E-state index in [-0.39, 0.29) is 11.7 Å². The zero-order valence-corrected chi connectivity index (χ0v) is 12.1.